The fourth-order valence-corrected chi connectivity index (χ4v) is 2.08. The van der Waals surface area contributed by atoms with Crippen molar-refractivity contribution in [2.24, 2.45) is 0 Å². The summed E-state index contributed by atoms with van der Waals surface area (Å²) in [6, 6.07) is 13.3. The number of carbonyl (C=O) groups is 1. The molecule has 0 aliphatic rings. The highest BCUT2D eigenvalue weighted by Crippen LogP contribution is 2.15. The zero-order chi connectivity index (χ0) is 15.2. The summed E-state index contributed by atoms with van der Waals surface area (Å²) in [5.41, 5.74) is 0.793. The fraction of sp³-hybridized carbons (Fsp3) is 0.188. The molecule has 0 atom stereocenters. The van der Waals surface area contributed by atoms with Crippen LogP contribution < -0.4 is 5.32 Å². The third-order valence-corrected chi connectivity index (χ3v) is 3.19. The van der Waals surface area contributed by atoms with Gasteiger partial charge in [-0.15, -0.1) is 0 Å². The summed E-state index contributed by atoms with van der Waals surface area (Å²) in [4.78, 5) is 16.1. The van der Waals surface area contributed by atoms with Gasteiger partial charge in [0.25, 0.3) is 17.6 Å². The quantitative estimate of drug-likeness (QED) is 0.709. The summed E-state index contributed by atoms with van der Waals surface area (Å²) in [6.45, 7) is 1.42. The number of hydrogen-bond acceptors (Lipinski definition) is 4. The molecule has 0 saturated heterocycles. The van der Waals surface area contributed by atoms with Gasteiger partial charge in [0.1, 0.15) is 0 Å². The smallest absolute Gasteiger partial charge is 0.292 e. The molecule has 22 heavy (non-hydrogen) atoms. The third kappa shape index (κ3) is 3.41. The van der Waals surface area contributed by atoms with Crippen LogP contribution in [0.15, 0.2) is 59.4 Å². The lowest BCUT2D eigenvalue weighted by atomic mass is 10.2. The molecule has 0 radical (unpaired) electrons. The van der Waals surface area contributed by atoms with Crippen molar-refractivity contribution in [3.8, 4) is 11.5 Å². The molecule has 6 heteroatoms. The molecule has 2 aromatic heterocycles. The second-order valence-corrected chi connectivity index (χ2v) is 4.82. The highest BCUT2D eigenvalue weighted by molar-refractivity contribution is 5.90. The van der Waals surface area contributed by atoms with E-state index in [1.165, 1.54) is 0 Å². The summed E-state index contributed by atoms with van der Waals surface area (Å²) in [7, 11) is 0. The Kier molecular flexibility index (Phi) is 4.29. The minimum absolute atomic E-state index is 0.0554. The van der Waals surface area contributed by atoms with Crippen molar-refractivity contribution >= 4 is 5.91 Å². The van der Waals surface area contributed by atoms with Crippen molar-refractivity contribution < 1.29 is 9.32 Å². The van der Waals surface area contributed by atoms with Gasteiger partial charge in [0.05, 0.1) is 0 Å². The van der Waals surface area contributed by atoms with Crippen molar-refractivity contribution in [1.29, 1.82) is 0 Å². The van der Waals surface area contributed by atoms with Gasteiger partial charge in [-0.3, -0.25) is 4.79 Å². The molecule has 0 spiro atoms. The monoisotopic (exact) mass is 296 g/mol. The average molecular weight is 296 g/mol. The van der Waals surface area contributed by atoms with Crippen LogP contribution >= 0.6 is 0 Å². The minimum atomic E-state index is -0.321. The topological polar surface area (TPSA) is 73.0 Å². The van der Waals surface area contributed by atoms with Crippen LogP contribution in [0, 0.1) is 0 Å². The highest BCUT2D eigenvalue weighted by Gasteiger charge is 2.14. The van der Waals surface area contributed by atoms with Gasteiger partial charge < -0.3 is 14.4 Å². The zero-order valence-electron chi connectivity index (χ0n) is 12.0. The fourth-order valence-electron chi connectivity index (χ4n) is 2.08. The first-order valence-electron chi connectivity index (χ1n) is 7.11. The van der Waals surface area contributed by atoms with Gasteiger partial charge in [-0.2, -0.15) is 4.98 Å². The molecule has 1 aromatic carbocycles. The van der Waals surface area contributed by atoms with Crippen LogP contribution in [0.25, 0.3) is 11.5 Å². The average Bonchev–Trinajstić information content (AvgIpc) is 3.24. The Labute approximate surface area is 127 Å². The van der Waals surface area contributed by atoms with Crippen LogP contribution in [0.5, 0.6) is 0 Å². The molecule has 3 aromatic rings. The number of amides is 1. The highest BCUT2D eigenvalue weighted by atomic mass is 16.5. The van der Waals surface area contributed by atoms with Gasteiger partial charge in [-0.25, -0.2) is 0 Å². The third-order valence-electron chi connectivity index (χ3n) is 3.19. The first kappa shape index (κ1) is 14.1. The van der Waals surface area contributed by atoms with Crippen LogP contribution in [0.2, 0.25) is 0 Å². The van der Waals surface area contributed by atoms with E-state index in [-0.39, 0.29) is 11.7 Å². The van der Waals surface area contributed by atoms with Gasteiger partial charge in [-0.05, 0) is 30.7 Å². The van der Waals surface area contributed by atoms with Crippen LogP contribution in [-0.2, 0) is 6.54 Å². The molecule has 0 fully saturated rings. The van der Waals surface area contributed by atoms with Gasteiger partial charge in [0.15, 0.2) is 0 Å². The molecular formula is C16H16N4O2. The van der Waals surface area contributed by atoms with Crippen molar-refractivity contribution in [1.82, 2.24) is 20.0 Å². The number of nitrogens with one attached hydrogen (secondary N) is 1. The normalized spacial score (nSPS) is 10.5. The molecule has 0 saturated carbocycles. The SMILES string of the molecule is O=C(NCCCn1cccc1)c1noc(-c2ccccc2)n1. The number of benzene rings is 1. The van der Waals surface area contributed by atoms with Crippen LogP contribution in [0.4, 0.5) is 0 Å². The lowest BCUT2D eigenvalue weighted by molar-refractivity contribution is 0.0939. The van der Waals surface area contributed by atoms with E-state index in [0.29, 0.717) is 12.4 Å². The van der Waals surface area contributed by atoms with Crippen molar-refractivity contribution in [3.63, 3.8) is 0 Å². The lowest BCUT2D eigenvalue weighted by Gasteiger charge is -2.03. The van der Waals surface area contributed by atoms with E-state index in [0.717, 1.165) is 18.5 Å². The van der Waals surface area contributed by atoms with Gasteiger partial charge >= 0.3 is 0 Å². The first-order valence-corrected chi connectivity index (χ1v) is 7.11. The van der Waals surface area contributed by atoms with Gasteiger partial charge in [0, 0.05) is 31.0 Å². The molecule has 112 valence electrons. The molecule has 6 nitrogen and oxygen atoms in total. The van der Waals surface area contributed by atoms with Crippen LogP contribution in [-0.4, -0.2) is 27.2 Å². The van der Waals surface area contributed by atoms with Crippen LogP contribution in [0.3, 0.4) is 0 Å². The Balaban J connectivity index is 1.51. The predicted octanol–water partition coefficient (Wildman–Crippen LogP) is 2.36. The van der Waals surface area contributed by atoms with Crippen molar-refractivity contribution in [3.05, 3.63) is 60.7 Å². The summed E-state index contributed by atoms with van der Waals surface area (Å²) in [5.74, 6) is 0.0799. The number of rotatable bonds is 6. The molecule has 0 bridgehead atoms. The lowest BCUT2D eigenvalue weighted by Crippen LogP contribution is -2.26. The molecule has 0 unspecified atom stereocenters. The predicted molar refractivity (Wildman–Crippen MR) is 81.1 cm³/mol. The second kappa shape index (κ2) is 6.71. The molecule has 1 amide bonds. The van der Waals surface area contributed by atoms with E-state index in [1.54, 1.807) is 0 Å². The summed E-state index contributed by atoms with van der Waals surface area (Å²) < 4.78 is 7.17. The van der Waals surface area contributed by atoms with E-state index < -0.39 is 0 Å². The van der Waals surface area contributed by atoms with E-state index in [1.807, 2.05) is 54.9 Å². The molecular weight excluding hydrogens is 280 g/mol. The Morgan fingerprint density at radius 3 is 2.68 bits per heavy atom. The summed E-state index contributed by atoms with van der Waals surface area (Å²) in [5, 5.41) is 6.51. The minimum Gasteiger partial charge on any atom is -0.354 e. The van der Waals surface area contributed by atoms with E-state index in [9.17, 15) is 4.79 Å². The molecule has 3 rings (SSSR count). The summed E-state index contributed by atoms with van der Waals surface area (Å²) in [6.07, 6.45) is 4.82. The maximum atomic E-state index is 11.9. The molecule has 0 aliphatic carbocycles. The maximum absolute atomic E-state index is 11.9. The Morgan fingerprint density at radius 2 is 1.91 bits per heavy atom. The molecule has 2 heterocycles. The largest absolute Gasteiger partial charge is 0.354 e. The van der Waals surface area contributed by atoms with Crippen LogP contribution in [0.1, 0.15) is 17.0 Å². The van der Waals surface area contributed by atoms with Crippen molar-refractivity contribution in [2.45, 2.75) is 13.0 Å². The second-order valence-electron chi connectivity index (χ2n) is 4.82. The Hall–Kier alpha value is -2.89. The number of aromatic nitrogens is 3. The zero-order valence-corrected chi connectivity index (χ0v) is 12.0. The number of hydrogen-bond donors (Lipinski definition) is 1. The van der Waals surface area contributed by atoms with E-state index in [2.05, 4.69) is 20.0 Å². The van der Waals surface area contributed by atoms with Gasteiger partial charge in [-0.1, -0.05) is 23.4 Å². The Morgan fingerprint density at radius 1 is 1.14 bits per heavy atom. The Bertz CT molecular complexity index is 720. The first-order chi connectivity index (χ1) is 10.8. The summed E-state index contributed by atoms with van der Waals surface area (Å²) >= 11 is 0. The molecule has 0 aliphatic heterocycles. The standard InChI is InChI=1S/C16H16N4O2/c21-15(17-9-6-12-20-10-4-5-11-20)14-18-16(22-19-14)13-7-2-1-3-8-13/h1-5,7-8,10-11H,6,9,12H2,(H,17,21). The maximum Gasteiger partial charge on any atom is 0.292 e. The van der Waals surface area contributed by atoms with Crippen molar-refractivity contribution in [2.75, 3.05) is 6.54 Å². The van der Waals surface area contributed by atoms with E-state index >= 15 is 0 Å². The van der Waals surface area contributed by atoms with E-state index in [4.69, 9.17) is 4.52 Å². The molecule has 1 N–H and O–H groups in total. The number of carbonyl (C=O) groups excluding carboxylic acids is 1. The van der Waals surface area contributed by atoms with Gasteiger partial charge in [0.2, 0.25) is 0 Å². The number of nitrogens with zero attached hydrogens (tertiary/aromatic N) is 3. The number of aryl methyl sites for hydroxylation is 1.